The van der Waals surface area contributed by atoms with Crippen LogP contribution in [0.3, 0.4) is 0 Å². The smallest absolute Gasteiger partial charge is 0.341 e. The summed E-state index contributed by atoms with van der Waals surface area (Å²) in [6, 6.07) is 14.3. The van der Waals surface area contributed by atoms with E-state index in [9.17, 15) is 9.59 Å². The molecule has 0 aliphatic heterocycles. The maximum Gasteiger partial charge on any atom is 0.341 e. The topological polar surface area (TPSA) is 72.8 Å². The van der Waals surface area contributed by atoms with Crippen molar-refractivity contribution in [3.05, 3.63) is 59.7 Å². The summed E-state index contributed by atoms with van der Waals surface area (Å²) in [5, 5.41) is 8.57. The molecule has 0 aromatic heterocycles. The van der Waals surface area contributed by atoms with Crippen LogP contribution in [0, 0.1) is 0 Å². The molecule has 1 N–H and O–H groups in total. The molecule has 0 fully saturated rings. The standard InChI is InChI=1S/C16H14O5/c17-9-13-8-14(6-7-15(13)21-11-16(18)19)20-10-12-4-2-1-3-5-12/h1-9H,10-11H2,(H,18,19). The van der Waals surface area contributed by atoms with Crippen molar-refractivity contribution in [1.29, 1.82) is 0 Å². The second-order valence-corrected chi connectivity index (χ2v) is 4.27. The van der Waals surface area contributed by atoms with Crippen LogP contribution >= 0.6 is 0 Å². The third-order valence-corrected chi connectivity index (χ3v) is 2.71. The predicted octanol–water partition coefficient (Wildman–Crippen LogP) is 2.54. The van der Waals surface area contributed by atoms with Crippen molar-refractivity contribution < 1.29 is 24.2 Å². The number of hydrogen-bond donors (Lipinski definition) is 1. The Morgan fingerprint density at radius 3 is 2.52 bits per heavy atom. The van der Waals surface area contributed by atoms with Gasteiger partial charge in [-0.3, -0.25) is 4.79 Å². The van der Waals surface area contributed by atoms with Crippen molar-refractivity contribution in [2.24, 2.45) is 0 Å². The van der Waals surface area contributed by atoms with E-state index in [1.54, 1.807) is 6.07 Å². The van der Waals surface area contributed by atoms with Crippen LogP contribution in [0.4, 0.5) is 0 Å². The third kappa shape index (κ3) is 4.35. The molecule has 0 saturated heterocycles. The van der Waals surface area contributed by atoms with Crippen LogP contribution in [-0.4, -0.2) is 24.0 Å². The number of carbonyl (C=O) groups is 2. The zero-order valence-electron chi connectivity index (χ0n) is 11.2. The molecule has 0 spiro atoms. The van der Waals surface area contributed by atoms with Gasteiger partial charge in [0.25, 0.3) is 0 Å². The second-order valence-electron chi connectivity index (χ2n) is 4.27. The number of aldehydes is 1. The van der Waals surface area contributed by atoms with E-state index in [4.69, 9.17) is 14.6 Å². The Balaban J connectivity index is 2.04. The summed E-state index contributed by atoms with van der Waals surface area (Å²) in [4.78, 5) is 21.5. The monoisotopic (exact) mass is 286 g/mol. The minimum atomic E-state index is -1.10. The maximum absolute atomic E-state index is 11.0. The molecule has 2 aromatic carbocycles. The van der Waals surface area contributed by atoms with E-state index >= 15 is 0 Å². The van der Waals surface area contributed by atoms with Crippen LogP contribution in [0.25, 0.3) is 0 Å². The van der Waals surface area contributed by atoms with Crippen molar-refractivity contribution in [3.8, 4) is 11.5 Å². The molecule has 2 aromatic rings. The molecular formula is C16H14O5. The number of benzene rings is 2. The molecule has 0 unspecified atom stereocenters. The normalized spacial score (nSPS) is 9.90. The highest BCUT2D eigenvalue weighted by molar-refractivity contribution is 5.80. The minimum Gasteiger partial charge on any atom is -0.489 e. The van der Waals surface area contributed by atoms with Gasteiger partial charge in [0.15, 0.2) is 12.9 Å². The van der Waals surface area contributed by atoms with E-state index in [1.807, 2.05) is 30.3 Å². The number of aliphatic carboxylic acids is 1. The van der Waals surface area contributed by atoms with Crippen LogP contribution in [0.1, 0.15) is 15.9 Å². The maximum atomic E-state index is 11.0. The second kappa shape index (κ2) is 7.09. The van der Waals surface area contributed by atoms with Crippen LogP contribution < -0.4 is 9.47 Å². The van der Waals surface area contributed by atoms with E-state index in [1.165, 1.54) is 12.1 Å². The van der Waals surface area contributed by atoms with E-state index < -0.39 is 12.6 Å². The van der Waals surface area contributed by atoms with Gasteiger partial charge in [-0.15, -0.1) is 0 Å². The van der Waals surface area contributed by atoms with E-state index in [-0.39, 0.29) is 11.3 Å². The van der Waals surface area contributed by atoms with Gasteiger partial charge >= 0.3 is 5.97 Å². The van der Waals surface area contributed by atoms with Gasteiger partial charge in [-0.05, 0) is 23.8 Å². The summed E-state index contributed by atoms with van der Waals surface area (Å²) in [6.07, 6.45) is 0.604. The van der Waals surface area contributed by atoms with Crippen molar-refractivity contribution in [3.63, 3.8) is 0 Å². The average molecular weight is 286 g/mol. The lowest BCUT2D eigenvalue weighted by atomic mass is 10.2. The summed E-state index contributed by atoms with van der Waals surface area (Å²) < 4.78 is 10.6. The molecule has 5 heteroatoms. The molecular weight excluding hydrogens is 272 g/mol. The molecule has 0 heterocycles. The van der Waals surface area contributed by atoms with E-state index in [2.05, 4.69) is 0 Å². The van der Waals surface area contributed by atoms with Gasteiger partial charge in [0.05, 0.1) is 5.56 Å². The lowest BCUT2D eigenvalue weighted by Crippen LogP contribution is -2.10. The number of carboxylic acids is 1. The van der Waals surface area contributed by atoms with Crippen molar-refractivity contribution in [2.45, 2.75) is 6.61 Å². The number of hydrogen-bond acceptors (Lipinski definition) is 4. The Bertz CT molecular complexity index is 622. The molecule has 5 nitrogen and oxygen atoms in total. The first-order valence-electron chi connectivity index (χ1n) is 6.29. The number of carboxylic acid groups (broad SMARTS) is 1. The average Bonchev–Trinajstić information content (AvgIpc) is 2.52. The fourth-order valence-electron chi connectivity index (χ4n) is 1.72. The van der Waals surface area contributed by atoms with Crippen molar-refractivity contribution in [2.75, 3.05) is 6.61 Å². The Morgan fingerprint density at radius 2 is 1.86 bits per heavy atom. The molecule has 21 heavy (non-hydrogen) atoms. The largest absolute Gasteiger partial charge is 0.489 e. The first-order chi connectivity index (χ1) is 10.2. The third-order valence-electron chi connectivity index (χ3n) is 2.71. The van der Waals surface area contributed by atoms with Crippen LogP contribution in [0.15, 0.2) is 48.5 Å². The molecule has 0 aliphatic carbocycles. The molecule has 0 radical (unpaired) electrons. The summed E-state index contributed by atoms with van der Waals surface area (Å²) in [5.74, 6) is -0.362. The van der Waals surface area contributed by atoms with Gasteiger partial charge in [-0.2, -0.15) is 0 Å². The fraction of sp³-hybridized carbons (Fsp3) is 0.125. The van der Waals surface area contributed by atoms with Gasteiger partial charge in [0.1, 0.15) is 18.1 Å². The highest BCUT2D eigenvalue weighted by Crippen LogP contribution is 2.23. The van der Waals surface area contributed by atoms with Gasteiger partial charge in [0.2, 0.25) is 0 Å². The molecule has 2 rings (SSSR count). The van der Waals surface area contributed by atoms with Gasteiger partial charge in [-0.1, -0.05) is 30.3 Å². The van der Waals surface area contributed by atoms with Crippen LogP contribution in [0.2, 0.25) is 0 Å². The zero-order valence-corrected chi connectivity index (χ0v) is 11.2. The SMILES string of the molecule is O=Cc1cc(OCc2ccccc2)ccc1OCC(=O)O. The van der Waals surface area contributed by atoms with Gasteiger partial charge in [0, 0.05) is 0 Å². The quantitative estimate of drug-likeness (QED) is 0.792. The van der Waals surface area contributed by atoms with E-state index in [0.717, 1.165) is 5.56 Å². The summed E-state index contributed by atoms with van der Waals surface area (Å²) in [5.41, 5.74) is 1.26. The Morgan fingerprint density at radius 1 is 1.10 bits per heavy atom. The highest BCUT2D eigenvalue weighted by atomic mass is 16.5. The highest BCUT2D eigenvalue weighted by Gasteiger charge is 2.07. The molecule has 0 bridgehead atoms. The Hall–Kier alpha value is -2.82. The molecule has 0 saturated carbocycles. The summed E-state index contributed by atoms with van der Waals surface area (Å²) in [7, 11) is 0. The summed E-state index contributed by atoms with van der Waals surface area (Å²) >= 11 is 0. The predicted molar refractivity (Wildman–Crippen MR) is 75.7 cm³/mol. The Labute approximate surface area is 121 Å². The van der Waals surface area contributed by atoms with Crippen LogP contribution in [-0.2, 0) is 11.4 Å². The van der Waals surface area contributed by atoms with Gasteiger partial charge < -0.3 is 14.6 Å². The van der Waals surface area contributed by atoms with Crippen LogP contribution in [0.5, 0.6) is 11.5 Å². The molecule has 0 amide bonds. The molecule has 0 atom stereocenters. The fourth-order valence-corrected chi connectivity index (χ4v) is 1.72. The lowest BCUT2D eigenvalue weighted by Gasteiger charge is -2.10. The first kappa shape index (κ1) is 14.6. The van der Waals surface area contributed by atoms with Crippen molar-refractivity contribution in [1.82, 2.24) is 0 Å². The molecule has 108 valence electrons. The van der Waals surface area contributed by atoms with E-state index in [0.29, 0.717) is 18.6 Å². The molecule has 0 aliphatic rings. The number of carbonyl (C=O) groups excluding carboxylic acids is 1. The van der Waals surface area contributed by atoms with Gasteiger partial charge in [-0.25, -0.2) is 4.79 Å². The van der Waals surface area contributed by atoms with Crippen molar-refractivity contribution >= 4 is 12.3 Å². The zero-order chi connectivity index (χ0) is 15.1. The Kier molecular flexibility index (Phi) is 4.93. The summed E-state index contributed by atoms with van der Waals surface area (Å²) in [6.45, 7) is -0.112. The lowest BCUT2D eigenvalue weighted by molar-refractivity contribution is -0.139. The first-order valence-corrected chi connectivity index (χ1v) is 6.29. The minimum absolute atomic E-state index is 0.222. The number of ether oxygens (including phenoxy) is 2. The number of rotatable bonds is 7.